The minimum atomic E-state index is -0.0273. The second-order valence-electron chi connectivity index (χ2n) is 7.38. The minimum Gasteiger partial charge on any atom is -0.497 e. The first-order chi connectivity index (χ1) is 14.1. The molecule has 29 heavy (non-hydrogen) atoms. The van der Waals surface area contributed by atoms with Gasteiger partial charge in [-0.05, 0) is 49.1 Å². The molecule has 0 radical (unpaired) electrons. The quantitative estimate of drug-likeness (QED) is 0.721. The van der Waals surface area contributed by atoms with Crippen LogP contribution in [0.15, 0.2) is 54.6 Å². The molecule has 0 unspecified atom stereocenters. The lowest BCUT2D eigenvalue weighted by atomic mass is 10.0. The van der Waals surface area contributed by atoms with E-state index in [4.69, 9.17) is 4.74 Å². The highest BCUT2D eigenvalue weighted by Crippen LogP contribution is 2.15. The lowest BCUT2D eigenvalue weighted by Crippen LogP contribution is -2.46. The minimum absolute atomic E-state index is 0.0273. The smallest absolute Gasteiger partial charge is 0.238 e. The molecule has 2 aromatic carbocycles. The molecule has 0 spiro atoms. The second kappa shape index (κ2) is 10.6. The van der Waals surface area contributed by atoms with Crippen molar-refractivity contribution in [2.75, 3.05) is 32.1 Å². The van der Waals surface area contributed by atoms with E-state index in [-0.39, 0.29) is 17.9 Å². The number of nitrogens with one attached hydrogen (secondary N) is 2. The van der Waals surface area contributed by atoms with E-state index in [9.17, 15) is 9.59 Å². The predicted octanol–water partition coefficient (Wildman–Crippen LogP) is 2.85. The van der Waals surface area contributed by atoms with Crippen LogP contribution in [0.3, 0.4) is 0 Å². The molecule has 1 fully saturated rings. The number of carbonyl (C=O) groups is 2. The van der Waals surface area contributed by atoms with E-state index < -0.39 is 0 Å². The second-order valence-corrected chi connectivity index (χ2v) is 7.38. The number of hydrogen-bond acceptors (Lipinski definition) is 4. The summed E-state index contributed by atoms with van der Waals surface area (Å²) in [5.41, 5.74) is 1.94. The van der Waals surface area contributed by atoms with Crippen LogP contribution in [0.1, 0.15) is 24.8 Å². The number of likely N-dealkylation sites (tertiary alicyclic amines) is 1. The number of nitrogens with zero attached hydrogens (tertiary/aromatic N) is 1. The first-order valence-corrected chi connectivity index (χ1v) is 10.1. The summed E-state index contributed by atoms with van der Waals surface area (Å²) in [6, 6.07) is 17.5. The van der Waals surface area contributed by atoms with Gasteiger partial charge in [0.15, 0.2) is 0 Å². The fourth-order valence-electron chi connectivity index (χ4n) is 3.52. The Balaban J connectivity index is 1.34. The summed E-state index contributed by atoms with van der Waals surface area (Å²) < 4.78 is 5.12. The third kappa shape index (κ3) is 6.91. The van der Waals surface area contributed by atoms with Crippen LogP contribution in [0.4, 0.5) is 5.69 Å². The molecule has 0 bridgehead atoms. The summed E-state index contributed by atoms with van der Waals surface area (Å²) in [4.78, 5) is 26.6. The van der Waals surface area contributed by atoms with Gasteiger partial charge in [0.05, 0.1) is 13.7 Å². The molecule has 2 amide bonds. The average Bonchev–Trinajstić information content (AvgIpc) is 2.75. The number of amides is 2. The van der Waals surface area contributed by atoms with E-state index in [0.717, 1.165) is 43.8 Å². The van der Waals surface area contributed by atoms with Crippen molar-refractivity contribution in [2.24, 2.45) is 0 Å². The maximum atomic E-state index is 12.3. The van der Waals surface area contributed by atoms with Crippen LogP contribution in [0.5, 0.6) is 5.75 Å². The zero-order valence-corrected chi connectivity index (χ0v) is 16.9. The number of rotatable bonds is 8. The number of methoxy groups -OCH3 is 1. The SMILES string of the molecule is COc1ccc(NC(=O)CN2CCC(NC(=O)CCc3ccccc3)CC2)cc1. The van der Waals surface area contributed by atoms with E-state index in [1.165, 1.54) is 5.56 Å². The summed E-state index contributed by atoms with van der Waals surface area (Å²) in [6.07, 6.45) is 3.01. The van der Waals surface area contributed by atoms with Crippen molar-refractivity contribution < 1.29 is 14.3 Å². The Morgan fingerprint density at radius 3 is 2.34 bits per heavy atom. The van der Waals surface area contributed by atoms with E-state index in [0.29, 0.717) is 13.0 Å². The summed E-state index contributed by atoms with van der Waals surface area (Å²) in [5.74, 6) is 0.834. The number of hydrogen-bond donors (Lipinski definition) is 2. The molecule has 6 heteroatoms. The fourth-order valence-corrected chi connectivity index (χ4v) is 3.52. The number of anilines is 1. The number of carbonyl (C=O) groups excluding carboxylic acids is 2. The molecular weight excluding hydrogens is 366 g/mol. The summed E-state index contributed by atoms with van der Waals surface area (Å²) in [5, 5.41) is 6.05. The summed E-state index contributed by atoms with van der Waals surface area (Å²) in [7, 11) is 1.61. The van der Waals surface area contributed by atoms with Crippen molar-refractivity contribution >= 4 is 17.5 Å². The number of ether oxygens (including phenoxy) is 1. The Morgan fingerprint density at radius 2 is 1.69 bits per heavy atom. The molecule has 1 aliphatic heterocycles. The Bertz CT molecular complexity index is 785. The van der Waals surface area contributed by atoms with Crippen LogP contribution in [0, 0.1) is 0 Å². The third-order valence-electron chi connectivity index (χ3n) is 5.18. The molecule has 6 nitrogen and oxygen atoms in total. The van der Waals surface area contributed by atoms with E-state index in [1.54, 1.807) is 7.11 Å². The maximum absolute atomic E-state index is 12.3. The summed E-state index contributed by atoms with van der Waals surface area (Å²) in [6.45, 7) is 1.97. The molecule has 0 aromatic heterocycles. The standard InChI is InChI=1S/C23H29N3O3/c1-29-21-10-8-19(9-11-21)25-23(28)17-26-15-13-20(14-16-26)24-22(27)12-7-18-5-3-2-4-6-18/h2-6,8-11,20H,7,12-17H2,1H3,(H,24,27)(H,25,28). The Kier molecular flexibility index (Phi) is 7.64. The highest BCUT2D eigenvalue weighted by molar-refractivity contribution is 5.92. The van der Waals surface area contributed by atoms with E-state index >= 15 is 0 Å². The normalized spacial score (nSPS) is 14.9. The Morgan fingerprint density at radius 1 is 1.00 bits per heavy atom. The van der Waals surface area contributed by atoms with Crippen LogP contribution in [-0.2, 0) is 16.0 Å². The highest BCUT2D eigenvalue weighted by Gasteiger charge is 2.22. The Labute approximate surface area is 172 Å². The van der Waals surface area contributed by atoms with E-state index in [2.05, 4.69) is 15.5 Å². The molecule has 0 aliphatic carbocycles. The molecule has 1 aliphatic rings. The number of aryl methyl sites for hydroxylation is 1. The number of benzene rings is 2. The van der Waals surface area contributed by atoms with Gasteiger partial charge in [0, 0.05) is 31.2 Å². The van der Waals surface area contributed by atoms with Crippen molar-refractivity contribution in [3.05, 3.63) is 60.2 Å². The van der Waals surface area contributed by atoms with Gasteiger partial charge in [-0.3, -0.25) is 14.5 Å². The first kappa shape index (κ1) is 20.9. The van der Waals surface area contributed by atoms with Crippen molar-refractivity contribution in [2.45, 2.75) is 31.7 Å². The molecule has 1 saturated heterocycles. The molecule has 154 valence electrons. The van der Waals surface area contributed by atoms with Gasteiger partial charge in [0.1, 0.15) is 5.75 Å². The number of piperidine rings is 1. The van der Waals surface area contributed by atoms with Gasteiger partial charge >= 0.3 is 0 Å². The zero-order chi connectivity index (χ0) is 20.5. The zero-order valence-electron chi connectivity index (χ0n) is 16.9. The molecule has 2 aromatic rings. The van der Waals surface area contributed by atoms with Gasteiger partial charge in [0.25, 0.3) is 0 Å². The summed E-state index contributed by atoms with van der Waals surface area (Å²) >= 11 is 0. The van der Waals surface area contributed by atoms with Gasteiger partial charge in [-0.2, -0.15) is 0 Å². The van der Waals surface area contributed by atoms with Crippen LogP contribution >= 0.6 is 0 Å². The van der Waals surface area contributed by atoms with Crippen LogP contribution in [0.25, 0.3) is 0 Å². The van der Waals surface area contributed by atoms with Gasteiger partial charge in [0.2, 0.25) is 11.8 Å². The van der Waals surface area contributed by atoms with Crippen molar-refractivity contribution in [1.82, 2.24) is 10.2 Å². The van der Waals surface area contributed by atoms with Crippen molar-refractivity contribution in [3.8, 4) is 5.75 Å². The third-order valence-corrected chi connectivity index (χ3v) is 5.18. The highest BCUT2D eigenvalue weighted by atomic mass is 16.5. The van der Waals surface area contributed by atoms with Gasteiger partial charge < -0.3 is 15.4 Å². The maximum Gasteiger partial charge on any atom is 0.238 e. The monoisotopic (exact) mass is 395 g/mol. The molecule has 0 saturated carbocycles. The fraction of sp³-hybridized carbons (Fsp3) is 0.391. The van der Waals surface area contributed by atoms with Gasteiger partial charge in [-0.25, -0.2) is 0 Å². The Hall–Kier alpha value is -2.86. The van der Waals surface area contributed by atoms with Crippen molar-refractivity contribution in [3.63, 3.8) is 0 Å². The topological polar surface area (TPSA) is 70.7 Å². The molecule has 2 N–H and O–H groups in total. The lowest BCUT2D eigenvalue weighted by molar-refractivity contribution is -0.122. The first-order valence-electron chi connectivity index (χ1n) is 10.1. The van der Waals surface area contributed by atoms with E-state index in [1.807, 2.05) is 54.6 Å². The molecule has 0 atom stereocenters. The van der Waals surface area contributed by atoms with Gasteiger partial charge in [-0.1, -0.05) is 30.3 Å². The van der Waals surface area contributed by atoms with Gasteiger partial charge in [-0.15, -0.1) is 0 Å². The molecular formula is C23H29N3O3. The van der Waals surface area contributed by atoms with Crippen LogP contribution in [-0.4, -0.2) is 49.5 Å². The average molecular weight is 396 g/mol. The van der Waals surface area contributed by atoms with Crippen molar-refractivity contribution in [1.29, 1.82) is 0 Å². The molecule has 3 rings (SSSR count). The molecule has 1 heterocycles. The lowest BCUT2D eigenvalue weighted by Gasteiger charge is -2.31. The predicted molar refractivity (Wildman–Crippen MR) is 114 cm³/mol. The van der Waals surface area contributed by atoms with Crippen LogP contribution in [0.2, 0.25) is 0 Å². The largest absolute Gasteiger partial charge is 0.497 e. The van der Waals surface area contributed by atoms with Crippen LogP contribution < -0.4 is 15.4 Å².